The van der Waals surface area contributed by atoms with E-state index in [1.807, 2.05) is 43.3 Å². The van der Waals surface area contributed by atoms with Crippen LogP contribution in [0.2, 0.25) is 5.02 Å². The number of H-pyrrole nitrogens is 1. The molecule has 0 aliphatic rings. The molecule has 5 rings (SSSR count). The molecule has 0 saturated heterocycles. The lowest BCUT2D eigenvalue weighted by molar-refractivity contribution is 0.0732. The summed E-state index contributed by atoms with van der Waals surface area (Å²) in [7, 11) is 4.38. The van der Waals surface area contributed by atoms with Crippen LogP contribution in [0, 0.1) is 6.92 Å². The minimum absolute atomic E-state index is 0.164. The van der Waals surface area contributed by atoms with Gasteiger partial charge in [-0.05, 0) is 65.3 Å². The average molecular weight is 756 g/mol. The van der Waals surface area contributed by atoms with Gasteiger partial charge >= 0.3 is 5.97 Å². The summed E-state index contributed by atoms with van der Waals surface area (Å²) >= 11 is 13.5. The molecule has 1 amide bonds. The van der Waals surface area contributed by atoms with Crippen LogP contribution in [0.25, 0.3) is 22.0 Å². The number of halogens is 3. The number of aryl methyl sites for hydroxylation is 1. The van der Waals surface area contributed by atoms with Crippen molar-refractivity contribution in [2.24, 2.45) is 5.10 Å². The summed E-state index contributed by atoms with van der Waals surface area (Å²) in [6.07, 6.45) is 1.38. The zero-order chi connectivity index (χ0) is 32.2. The molecule has 0 spiro atoms. The number of aromatic nitrogens is 1. The molecule has 4 aromatic carbocycles. The van der Waals surface area contributed by atoms with E-state index in [1.165, 1.54) is 39.7 Å². The van der Waals surface area contributed by atoms with Gasteiger partial charge < -0.3 is 23.9 Å². The second-order valence-electron chi connectivity index (χ2n) is 9.71. The topological polar surface area (TPSA) is 111 Å². The van der Waals surface area contributed by atoms with Crippen molar-refractivity contribution in [3.8, 4) is 34.1 Å². The van der Waals surface area contributed by atoms with Crippen molar-refractivity contribution in [3.63, 3.8) is 0 Å². The molecule has 1 heterocycles. The fourth-order valence-corrected chi connectivity index (χ4v) is 6.34. The molecule has 9 nitrogen and oxygen atoms in total. The van der Waals surface area contributed by atoms with E-state index in [2.05, 4.69) is 47.4 Å². The zero-order valence-corrected chi connectivity index (χ0v) is 28.4. The highest BCUT2D eigenvalue weighted by atomic mass is 79.9. The number of rotatable bonds is 9. The third-order valence-electron chi connectivity index (χ3n) is 6.83. The Morgan fingerprint density at radius 2 is 1.62 bits per heavy atom. The van der Waals surface area contributed by atoms with Crippen molar-refractivity contribution in [2.45, 2.75) is 6.92 Å². The minimum Gasteiger partial charge on any atom is -0.493 e. The number of nitrogens with zero attached hydrogens (tertiary/aromatic N) is 1. The number of ether oxygens (including phenoxy) is 4. The van der Waals surface area contributed by atoms with Gasteiger partial charge in [-0.15, -0.1) is 0 Å². The van der Waals surface area contributed by atoms with E-state index >= 15 is 0 Å². The number of hydrazone groups is 1. The number of carbonyl (C=O) groups excluding carboxylic acids is 2. The van der Waals surface area contributed by atoms with Gasteiger partial charge in [0, 0.05) is 37.1 Å². The van der Waals surface area contributed by atoms with E-state index in [-0.39, 0.29) is 11.3 Å². The molecular formula is C33H26Br2ClN3O6. The SMILES string of the molecule is COc1cc(C(=O)Oc2c(Br)cc(Br)cc2C=NNC(=O)c2[nH]c3ccc(C)cc3c2-c2ccccc2Cl)cc(OC)c1OC. The maximum atomic E-state index is 13.5. The van der Waals surface area contributed by atoms with E-state index in [9.17, 15) is 9.59 Å². The molecule has 0 atom stereocenters. The maximum Gasteiger partial charge on any atom is 0.343 e. The molecule has 0 fully saturated rings. The summed E-state index contributed by atoms with van der Waals surface area (Å²) in [5.74, 6) is -0.0628. The fourth-order valence-electron chi connectivity index (χ4n) is 4.77. The van der Waals surface area contributed by atoms with Crippen molar-refractivity contribution in [1.29, 1.82) is 0 Å². The van der Waals surface area contributed by atoms with Gasteiger partial charge in [0.2, 0.25) is 5.75 Å². The van der Waals surface area contributed by atoms with Crippen molar-refractivity contribution in [3.05, 3.63) is 103 Å². The Kier molecular flexibility index (Phi) is 9.81. The molecular weight excluding hydrogens is 730 g/mol. The third-order valence-corrected chi connectivity index (χ3v) is 8.20. The average Bonchev–Trinajstić information content (AvgIpc) is 3.40. The monoisotopic (exact) mass is 753 g/mol. The minimum atomic E-state index is -0.686. The second-order valence-corrected chi connectivity index (χ2v) is 11.9. The quantitative estimate of drug-likeness (QED) is 0.0678. The smallest absolute Gasteiger partial charge is 0.343 e. The van der Waals surface area contributed by atoms with Crippen molar-refractivity contribution >= 4 is 72.5 Å². The summed E-state index contributed by atoms with van der Waals surface area (Å²) in [5, 5.41) is 5.56. The number of carbonyl (C=O) groups is 2. The van der Waals surface area contributed by atoms with E-state index < -0.39 is 11.9 Å². The number of fused-ring (bicyclic) bond motifs is 1. The van der Waals surface area contributed by atoms with Gasteiger partial charge in [-0.1, -0.05) is 57.4 Å². The molecule has 0 aliphatic carbocycles. The van der Waals surface area contributed by atoms with Crippen LogP contribution in [-0.2, 0) is 0 Å². The van der Waals surface area contributed by atoms with Crippen LogP contribution in [0.1, 0.15) is 32.0 Å². The normalized spacial score (nSPS) is 11.1. The van der Waals surface area contributed by atoms with Gasteiger partial charge in [0.05, 0.1) is 37.6 Å². The summed E-state index contributed by atoms with van der Waals surface area (Å²) in [5.41, 5.74) is 6.63. The van der Waals surface area contributed by atoms with Gasteiger partial charge in [-0.25, -0.2) is 10.2 Å². The van der Waals surface area contributed by atoms with Crippen molar-refractivity contribution in [1.82, 2.24) is 10.4 Å². The van der Waals surface area contributed by atoms with Gasteiger partial charge in [-0.3, -0.25) is 4.79 Å². The van der Waals surface area contributed by atoms with E-state index in [0.29, 0.717) is 53.6 Å². The Bertz CT molecular complexity index is 1950. The van der Waals surface area contributed by atoms with Gasteiger partial charge in [0.25, 0.3) is 5.91 Å². The largest absolute Gasteiger partial charge is 0.493 e. The summed E-state index contributed by atoms with van der Waals surface area (Å²) in [6, 6.07) is 19.6. The maximum absolute atomic E-state index is 13.5. The number of aromatic amines is 1. The number of hydrogen-bond acceptors (Lipinski definition) is 7. The van der Waals surface area contributed by atoms with Crippen LogP contribution < -0.4 is 24.4 Å². The Hall–Kier alpha value is -4.32. The molecule has 230 valence electrons. The van der Waals surface area contributed by atoms with Crippen LogP contribution in [-0.4, -0.2) is 44.4 Å². The van der Waals surface area contributed by atoms with Gasteiger partial charge in [-0.2, -0.15) is 5.10 Å². The van der Waals surface area contributed by atoms with Gasteiger partial charge in [0.1, 0.15) is 5.69 Å². The highest BCUT2D eigenvalue weighted by Gasteiger charge is 2.22. The van der Waals surface area contributed by atoms with Crippen LogP contribution in [0.3, 0.4) is 0 Å². The highest BCUT2D eigenvalue weighted by Crippen LogP contribution is 2.40. The van der Waals surface area contributed by atoms with Crippen LogP contribution in [0.15, 0.2) is 80.8 Å². The predicted octanol–water partition coefficient (Wildman–Crippen LogP) is 8.33. The molecule has 0 saturated carbocycles. The first kappa shape index (κ1) is 32.1. The fraction of sp³-hybridized carbons (Fsp3) is 0.121. The first-order chi connectivity index (χ1) is 21.6. The Balaban J connectivity index is 1.45. The molecule has 45 heavy (non-hydrogen) atoms. The molecule has 5 aromatic rings. The molecule has 2 N–H and O–H groups in total. The summed E-state index contributed by atoms with van der Waals surface area (Å²) in [6.45, 7) is 1.98. The first-order valence-electron chi connectivity index (χ1n) is 13.4. The van der Waals surface area contributed by atoms with Crippen LogP contribution in [0.5, 0.6) is 23.0 Å². The van der Waals surface area contributed by atoms with Gasteiger partial charge in [0.15, 0.2) is 17.2 Å². The van der Waals surface area contributed by atoms with Crippen LogP contribution in [0.4, 0.5) is 0 Å². The number of nitrogens with one attached hydrogen (secondary N) is 2. The van der Waals surface area contributed by atoms with E-state index in [1.54, 1.807) is 18.2 Å². The summed E-state index contributed by atoms with van der Waals surface area (Å²) < 4.78 is 23.0. The van der Waals surface area contributed by atoms with E-state index in [0.717, 1.165) is 16.5 Å². The number of hydrogen-bond donors (Lipinski definition) is 2. The van der Waals surface area contributed by atoms with Crippen molar-refractivity contribution < 1.29 is 28.5 Å². The number of amides is 1. The Labute approximate surface area is 280 Å². The molecule has 1 aromatic heterocycles. The standard InChI is InChI=1S/C33H26Br2ClN3O6/c1-17-9-10-25-22(11-17)28(21-7-5-6-8-24(21)36)29(38-25)32(40)39-37-16-19-12-20(34)15-23(35)30(19)45-33(41)18-13-26(42-2)31(44-4)27(14-18)43-3/h5-16,38H,1-4H3,(H,39,40). The number of benzene rings is 4. The lowest BCUT2D eigenvalue weighted by Crippen LogP contribution is -2.19. The van der Waals surface area contributed by atoms with Crippen molar-refractivity contribution in [2.75, 3.05) is 21.3 Å². The Morgan fingerprint density at radius 3 is 2.29 bits per heavy atom. The third kappa shape index (κ3) is 6.70. The zero-order valence-electron chi connectivity index (χ0n) is 24.5. The number of esters is 1. The number of methoxy groups -OCH3 is 3. The molecule has 0 radical (unpaired) electrons. The molecule has 12 heteroatoms. The predicted molar refractivity (Wildman–Crippen MR) is 181 cm³/mol. The molecule has 0 unspecified atom stereocenters. The van der Waals surface area contributed by atoms with E-state index in [4.69, 9.17) is 30.5 Å². The Morgan fingerprint density at radius 1 is 0.911 bits per heavy atom. The van der Waals surface area contributed by atoms with Crippen LogP contribution >= 0.6 is 43.5 Å². The lowest BCUT2D eigenvalue weighted by Gasteiger charge is -2.15. The first-order valence-corrected chi connectivity index (χ1v) is 15.3. The lowest BCUT2D eigenvalue weighted by atomic mass is 10.0. The molecule has 0 bridgehead atoms. The second kappa shape index (κ2) is 13.8. The highest BCUT2D eigenvalue weighted by molar-refractivity contribution is 9.11. The summed E-state index contributed by atoms with van der Waals surface area (Å²) in [4.78, 5) is 30.0. The molecule has 0 aliphatic heterocycles.